The van der Waals surface area contributed by atoms with Gasteiger partial charge < -0.3 is 0 Å². The average molecular weight is 655 g/mol. The SMILES string of the molecule is CC(C)(C)P(Cc1cc(-c2ccccc2)[c-](-c2ccccc2)c1CP(C(C)(C)C)C(C)(C)C)C(C)(C)C.[Fe+2].c1cc[cH-]c1. The Labute approximate surface area is 278 Å². The van der Waals surface area contributed by atoms with Crippen LogP contribution in [0, 0.1) is 0 Å². The zero-order valence-electron chi connectivity index (χ0n) is 28.9. The van der Waals surface area contributed by atoms with Gasteiger partial charge in [0.25, 0.3) is 0 Å². The first-order chi connectivity index (χ1) is 19.4. The zero-order chi connectivity index (χ0) is 31.3. The molecule has 0 bridgehead atoms. The topological polar surface area (TPSA) is 0 Å². The van der Waals surface area contributed by atoms with E-state index in [1.165, 1.54) is 34.6 Å². The number of rotatable bonds is 6. The van der Waals surface area contributed by atoms with E-state index in [9.17, 15) is 0 Å². The first-order valence-electron chi connectivity index (χ1n) is 15.5. The summed E-state index contributed by atoms with van der Waals surface area (Å²) >= 11 is 0. The van der Waals surface area contributed by atoms with Crippen molar-refractivity contribution in [3.05, 3.63) is 108 Å². The van der Waals surface area contributed by atoms with Crippen molar-refractivity contribution in [1.29, 1.82) is 0 Å². The Balaban J connectivity index is 0.000000973. The van der Waals surface area contributed by atoms with E-state index >= 15 is 0 Å². The van der Waals surface area contributed by atoms with Crippen molar-refractivity contribution in [2.75, 3.05) is 0 Å². The van der Waals surface area contributed by atoms with E-state index < -0.39 is 0 Å². The van der Waals surface area contributed by atoms with Gasteiger partial charge in [-0.2, -0.15) is 18.2 Å². The number of benzene rings is 2. The third-order valence-electron chi connectivity index (χ3n) is 7.86. The molecule has 0 atom stereocenters. The third-order valence-corrected chi connectivity index (χ3v) is 15.6. The van der Waals surface area contributed by atoms with Crippen molar-refractivity contribution in [1.82, 2.24) is 0 Å². The first kappa shape index (κ1) is 37.7. The maximum atomic E-state index is 2.58. The van der Waals surface area contributed by atoms with E-state index in [4.69, 9.17) is 0 Å². The van der Waals surface area contributed by atoms with Gasteiger partial charge in [-0.25, -0.2) is 12.1 Å². The maximum absolute atomic E-state index is 2.58. The van der Waals surface area contributed by atoms with Crippen LogP contribution in [0.25, 0.3) is 22.3 Å². The van der Waals surface area contributed by atoms with E-state index in [1.807, 2.05) is 30.3 Å². The molecule has 4 aromatic carbocycles. The fraction of sp³-hybridized carbons (Fsp3) is 0.450. The van der Waals surface area contributed by atoms with Crippen molar-refractivity contribution < 1.29 is 17.1 Å². The van der Waals surface area contributed by atoms with Gasteiger partial charge in [0.2, 0.25) is 0 Å². The van der Waals surface area contributed by atoms with Gasteiger partial charge in [-0.15, -0.1) is 29.3 Å². The van der Waals surface area contributed by atoms with Crippen molar-refractivity contribution >= 4 is 15.8 Å². The van der Waals surface area contributed by atoms with Crippen LogP contribution in [0.5, 0.6) is 0 Å². The van der Waals surface area contributed by atoms with E-state index in [0.29, 0.717) is 10.3 Å². The van der Waals surface area contributed by atoms with Gasteiger partial charge in [-0.3, -0.25) is 0 Å². The Bertz CT molecular complexity index is 1290. The largest absolute Gasteiger partial charge is 2.00 e. The van der Waals surface area contributed by atoms with Gasteiger partial charge in [0, 0.05) is 0 Å². The second-order valence-corrected chi connectivity index (χ2v) is 23.2. The molecule has 0 fully saturated rings. The quantitative estimate of drug-likeness (QED) is 0.110. The molecule has 43 heavy (non-hydrogen) atoms. The molecule has 0 aliphatic rings. The molecule has 0 N–H and O–H groups in total. The van der Waals surface area contributed by atoms with Gasteiger partial charge in [-0.1, -0.05) is 170 Å². The Morgan fingerprint density at radius 1 is 0.558 bits per heavy atom. The molecular weight excluding hydrogens is 598 g/mol. The summed E-state index contributed by atoms with van der Waals surface area (Å²) in [6.07, 6.45) is 2.36. The molecule has 0 aromatic heterocycles. The zero-order valence-corrected chi connectivity index (χ0v) is 31.8. The summed E-state index contributed by atoms with van der Waals surface area (Å²) in [7, 11) is -0.517. The van der Waals surface area contributed by atoms with Gasteiger partial charge in [0.15, 0.2) is 0 Å². The van der Waals surface area contributed by atoms with Crippen LogP contribution in [0.1, 0.15) is 94.2 Å². The van der Waals surface area contributed by atoms with Crippen LogP contribution >= 0.6 is 15.8 Å². The van der Waals surface area contributed by atoms with Crippen LogP contribution in [0.2, 0.25) is 0 Å². The van der Waals surface area contributed by atoms with Crippen molar-refractivity contribution in [3.63, 3.8) is 0 Å². The van der Waals surface area contributed by atoms with Crippen molar-refractivity contribution in [3.8, 4) is 22.3 Å². The molecule has 0 spiro atoms. The molecule has 0 aliphatic carbocycles. The predicted molar refractivity (Wildman–Crippen MR) is 195 cm³/mol. The van der Waals surface area contributed by atoms with Crippen LogP contribution in [0.3, 0.4) is 0 Å². The Hall–Kier alpha value is -1.48. The van der Waals surface area contributed by atoms with Gasteiger partial charge in [-0.05, 0) is 32.9 Å². The van der Waals surface area contributed by atoms with Gasteiger partial charge in [0.1, 0.15) is 0 Å². The molecule has 4 rings (SSSR count). The molecule has 0 saturated carbocycles. The molecule has 0 aliphatic heterocycles. The van der Waals surface area contributed by atoms with E-state index in [2.05, 4.69) is 150 Å². The molecule has 0 heterocycles. The predicted octanol–water partition coefficient (Wildman–Crippen LogP) is 13.3. The van der Waals surface area contributed by atoms with E-state index in [-0.39, 0.29) is 43.2 Å². The molecule has 3 heteroatoms. The Morgan fingerprint density at radius 3 is 1.37 bits per heavy atom. The molecule has 0 nitrogen and oxygen atoms in total. The fourth-order valence-corrected chi connectivity index (χ4v) is 13.6. The second-order valence-electron chi connectivity index (χ2n) is 15.5. The Kier molecular flexibility index (Phi) is 13.3. The van der Waals surface area contributed by atoms with E-state index in [0.717, 1.165) is 0 Å². The first-order valence-corrected chi connectivity index (χ1v) is 18.6. The smallest absolute Gasteiger partial charge is 0.214 e. The summed E-state index contributed by atoms with van der Waals surface area (Å²) in [6.45, 7) is 29.5. The summed E-state index contributed by atoms with van der Waals surface area (Å²) in [5.74, 6) is 0. The van der Waals surface area contributed by atoms with Crippen molar-refractivity contribution in [2.45, 2.75) is 116 Å². The van der Waals surface area contributed by atoms with Crippen LogP contribution in [-0.4, -0.2) is 20.6 Å². The van der Waals surface area contributed by atoms with Crippen LogP contribution < -0.4 is 0 Å². The van der Waals surface area contributed by atoms with Crippen LogP contribution in [-0.2, 0) is 29.4 Å². The second kappa shape index (κ2) is 15.2. The summed E-state index contributed by atoms with van der Waals surface area (Å²) in [5.41, 5.74) is 8.78. The minimum atomic E-state index is -0.271. The van der Waals surface area contributed by atoms with Gasteiger partial charge >= 0.3 is 17.1 Å². The molecule has 234 valence electrons. The molecule has 0 saturated heterocycles. The molecule has 0 amide bonds. The van der Waals surface area contributed by atoms with E-state index in [1.54, 1.807) is 11.1 Å². The fourth-order valence-electron chi connectivity index (χ4n) is 6.37. The molecular formula is C40H56FeP2. The average Bonchev–Trinajstić information content (AvgIpc) is 3.56. The number of hydrogen-bond donors (Lipinski definition) is 0. The minimum absolute atomic E-state index is 0. The summed E-state index contributed by atoms with van der Waals surface area (Å²) in [5, 5.41) is 1.14. The molecule has 0 radical (unpaired) electrons. The van der Waals surface area contributed by atoms with Crippen LogP contribution in [0.4, 0.5) is 0 Å². The summed E-state index contributed by atoms with van der Waals surface area (Å²) in [6, 6.07) is 34.9. The normalized spacial score (nSPS) is 12.6. The summed E-state index contributed by atoms with van der Waals surface area (Å²) < 4.78 is 0. The standard InChI is InChI=1S/C35H51P2.C5H5.Fe/c1-32(2,3)36(33(4,5)6)24-28-23-29(26-19-15-13-16-20-26)31(27-21-17-14-18-22-27)30(28)25-37(34(7,8)9)35(10,11)12;1-2-4-5-3-1;/h13-23H,24-25H2,1-12H3;1-5H;/q2*-1;+2. The minimum Gasteiger partial charge on any atom is -0.214 e. The number of hydrogen-bond acceptors (Lipinski definition) is 0. The van der Waals surface area contributed by atoms with Crippen LogP contribution in [0.15, 0.2) is 97.1 Å². The van der Waals surface area contributed by atoms with Crippen molar-refractivity contribution in [2.24, 2.45) is 0 Å². The molecule has 4 aromatic rings. The maximum Gasteiger partial charge on any atom is 2.00 e. The third kappa shape index (κ3) is 10.5. The summed E-state index contributed by atoms with van der Waals surface area (Å²) in [4.78, 5) is 0. The molecule has 0 unspecified atom stereocenters. The Morgan fingerprint density at radius 2 is 0.977 bits per heavy atom. The van der Waals surface area contributed by atoms with Gasteiger partial charge in [0.05, 0.1) is 0 Å². The monoisotopic (exact) mass is 654 g/mol.